The van der Waals surface area contributed by atoms with Crippen LogP contribution in [-0.2, 0) is 16.4 Å². The van der Waals surface area contributed by atoms with E-state index in [9.17, 15) is 8.42 Å². The molecule has 13 heavy (non-hydrogen) atoms. The highest BCUT2D eigenvalue weighted by Gasteiger charge is 2.17. The Balaban J connectivity index is 2.72. The molecule has 0 radical (unpaired) electrons. The van der Waals surface area contributed by atoms with Gasteiger partial charge in [-0.3, -0.25) is 0 Å². The molecule has 0 saturated heterocycles. The summed E-state index contributed by atoms with van der Waals surface area (Å²) in [6, 6.07) is 9.32. The standard InChI is InChI=1S/C8H10BrNO2S/c9-8(13(10,11)12)6-7-4-2-1-3-5-7/h1-5,8H,6H2,(H2,10,11,12). The predicted octanol–water partition coefficient (Wildman–Crippen LogP) is 1.24. The van der Waals surface area contributed by atoms with Crippen molar-refractivity contribution in [1.82, 2.24) is 0 Å². The maximum atomic E-state index is 10.9. The molecule has 5 heteroatoms. The SMILES string of the molecule is NS(=O)(=O)C(Br)Cc1ccccc1. The number of nitrogens with two attached hydrogens (primary N) is 1. The van der Waals surface area contributed by atoms with Gasteiger partial charge in [0, 0.05) is 6.42 Å². The minimum atomic E-state index is -3.48. The molecular formula is C8H10BrNO2S. The number of benzene rings is 1. The Kier molecular flexibility index (Phi) is 3.47. The molecule has 0 aliphatic carbocycles. The van der Waals surface area contributed by atoms with Crippen LogP contribution >= 0.6 is 15.9 Å². The Morgan fingerprint density at radius 2 is 1.85 bits per heavy atom. The van der Waals surface area contributed by atoms with Gasteiger partial charge < -0.3 is 0 Å². The lowest BCUT2D eigenvalue weighted by Gasteiger charge is -2.06. The lowest BCUT2D eigenvalue weighted by Crippen LogP contribution is -2.25. The molecular weight excluding hydrogens is 254 g/mol. The smallest absolute Gasteiger partial charge is 0.222 e. The van der Waals surface area contributed by atoms with Crippen molar-refractivity contribution in [3.05, 3.63) is 35.9 Å². The highest BCUT2D eigenvalue weighted by molar-refractivity contribution is 9.11. The zero-order valence-corrected chi connectivity index (χ0v) is 9.25. The molecule has 0 bridgehead atoms. The van der Waals surface area contributed by atoms with E-state index >= 15 is 0 Å². The molecule has 0 aliphatic rings. The van der Waals surface area contributed by atoms with Crippen LogP contribution in [0.15, 0.2) is 30.3 Å². The third kappa shape index (κ3) is 3.46. The second-order valence-electron chi connectivity index (χ2n) is 2.69. The van der Waals surface area contributed by atoms with Gasteiger partial charge in [-0.05, 0) is 5.56 Å². The monoisotopic (exact) mass is 263 g/mol. The number of primary sulfonamides is 1. The van der Waals surface area contributed by atoms with E-state index in [0.717, 1.165) is 5.56 Å². The Bertz CT molecular complexity index is 363. The summed E-state index contributed by atoms with van der Waals surface area (Å²) >= 11 is 3.02. The summed E-state index contributed by atoms with van der Waals surface area (Å²) < 4.78 is 21.0. The molecule has 0 saturated carbocycles. The highest BCUT2D eigenvalue weighted by atomic mass is 79.9. The van der Waals surface area contributed by atoms with E-state index in [-0.39, 0.29) is 0 Å². The number of alkyl halides is 1. The third-order valence-electron chi connectivity index (χ3n) is 1.60. The first-order chi connectivity index (χ1) is 6.00. The second kappa shape index (κ2) is 4.21. The van der Waals surface area contributed by atoms with Crippen LogP contribution in [0, 0.1) is 0 Å². The van der Waals surface area contributed by atoms with E-state index < -0.39 is 14.2 Å². The normalized spacial score (nSPS) is 14.0. The van der Waals surface area contributed by atoms with Crippen LogP contribution in [0.5, 0.6) is 0 Å². The van der Waals surface area contributed by atoms with Gasteiger partial charge in [0.15, 0.2) is 0 Å². The molecule has 0 spiro atoms. The minimum Gasteiger partial charge on any atom is -0.228 e. The molecule has 72 valence electrons. The van der Waals surface area contributed by atoms with E-state index in [1.165, 1.54) is 0 Å². The van der Waals surface area contributed by atoms with Gasteiger partial charge in [-0.2, -0.15) is 0 Å². The molecule has 3 nitrogen and oxygen atoms in total. The maximum Gasteiger partial charge on any atom is 0.222 e. The summed E-state index contributed by atoms with van der Waals surface area (Å²) in [6.45, 7) is 0. The molecule has 0 aromatic heterocycles. The van der Waals surface area contributed by atoms with Gasteiger partial charge in [-0.25, -0.2) is 13.6 Å². The summed E-state index contributed by atoms with van der Waals surface area (Å²) in [6.07, 6.45) is 0.389. The van der Waals surface area contributed by atoms with Crippen LogP contribution in [0.3, 0.4) is 0 Å². The van der Waals surface area contributed by atoms with Gasteiger partial charge in [0.05, 0.1) is 0 Å². The van der Waals surface area contributed by atoms with Crippen molar-refractivity contribution in [2.45, 2.75) is 10.6 Å². The van der Waals surface area contributed by atoms with E-state index in [1.807, 2.05) is 30.3 Å². The minimum absolute atomic E-state index is 0.389. The van der Waals surface area contributed by atoms with Crippen molar-refractivity contribution < 1.29 is 8.42 Å². The van der Waals surface area contributed by atoms with E-state index in [2.05, 4.69) is 15.9 Å². The summed E-state index contributed by atoms with van der Waals surface area (Å²) in [5.74, 6) is 0. The summed E-state index contributed by atoms with van der Waals surface area (Å²) in [5.41, 5.74) is 0.943. The summed E-state index contributed by atoms with van der Waals surface area (Å²) in [4.78, 5) is 0. The first kappa shape index (κ1) is 10.7. The Labute approximate surface area is 86.1 Å². The summed E-state index contributed by atoms with van der Waals surface area (Å²) in [7, 11) is -3.48. The van der Waals surface area contributed by atoms with Crippen molar-refractivity contribution in [2.24, 2.45) is 5.14 Å². The van der Waals surface area contributed by atoms with Crippen molar-refractivity contribution in [3.63, 3.8) is 0 Å². The largest absolute Gasteiger partial charge is 0.228 e. The van der Waals surface area contributed by atoms with Crippen molar-refractivity contribution >= 4 is 26.0 Å². The van der Waals surface area contributed by atoms with Crippen LogP contribution in [0.25, 0.3) is 0 Å². The maximum absolute atomic E-state index is 10.9. The van der Waals surface area contributed by atoms with Crippen LogP contribution in [0.2, 0.25) is 0 Å². The van der Waals surface area contributed by atoms with Gasteiger partial charge in [0.1, 0.15) is 4.16 Å². The van der Waals surface area contributed by atoms with Gasteiger partial charge in [-0.15, -0.1) is 0 Å². The topological polar surface area (TPSA) is 60.2 Å². The Morgan fingerprint density at radius 1 is 1.31 bits per heavy atom. The van der Waals surface area contributed by atoms with Crippen molar-refractivity contribution in [1.29, 1.82) is 0 Å². The first-order valence-electron chi connectivity index (χ1n) is 3.70. The molecule has 1 aromatic rings. The summed E-state index contributed by atoms with van der Waals surface area (Å²) in [5, 5.41) is 4.95. The molecule has 0 aliphatic heterocycles. The van der Waals surface area contributed by atoms with Crippen molar-refractivity contribution in [2.75, 3.05) is 0 Å². The van der Waals surface area contributed by atoms with Crippen LogP contribution in [0.1, 0.15) is 5.56 Å². The van der Waals surface area contributed by atoms with Gasteiger partial charge in [0.25, 0.3) is 0 Å². The van der Waals surface area contributed by atoms with Gasteiger partial charge >= 0.3 is 0 Å². The van der Waals surface area contributed by atoms with E-state index in [1.54, 1.807) is 0 Å². The molecule has 1 atom stereocenters. The van der Waals surface area contributed by atoms with Crippen LogP contribution in [0.4, 0.5) is 0 Å². The van der Waals surface area contributed by atoms with Gasteiger partial charge in [0.2, 0.25) is 10.0 Å². The van der Waals surface area contributed by atoms with E-state index in [0.29, 0.717) is 6.42 Å². The Hall–Kier alpha value is -0.390. The zero-order chi connectivity index (χ0) is 9.90. The predicted molar refractivity (Wildman–Crippen MR) is 56.0 cm³/mol. The molecule has 1 rings (SSSR count). The molecule has 1 unspecified atom stereocenters. The third-order valence-corrected chi connectivity index (χ3v) is 4.36. The van der Waals surface area contributed by atoms with Gasteiger partial charge in [-0.1, -0.05) is 46.3 Å². The fraction of sp³-hybridized carbons (Fsp3) is 0.250. The second-order valence-corrected chi connectivity index (χ2v) is 6.15. The van der Waals surface area contributed by atoms with Crippen LogP contribution < -0.4 is 5.14 Å². The first-order valence-corrected chi connectivity index (χ1v) is 6.22. The number of sulfonamides is 1. The van der Waals surface area contributed by atoms with Crippen molar-refractivity contribution in [3.8, 4) is 0 Å². The highest BCUT2D eigenvalue weighted by Crippen LogP contribution is 2.12. The molecule has 0 heterocycles. The van der Waals surface area contributed by atoms with Crippen LogP contribution in [-0.4, -0.2) is 12.6 Å². The lowest BCUT2D eigenvalue weighted by atomic mass is 10.2. The number of halogens is 1. The molecule has 2 N–H and O–H groups in total. The molecule has 0 amide bonds. The average molecular weight is 264 g/mol. The zero-order valence-electron chi connectivity index (χ0n) is 6.85. The molecule has 0 fully saturated rings. The lowest BCUT2D eigenvalue weighted by molar-refractivity contribution is 0.594. The average Bonchev–Trinajstić information content (AvgIpc) is 2.04. The fourth-order valence-corrected chi connectivity index (χ4v) is 1.71. The number of rotatable bonds is 3. The fourth-order valence-electron chi connectivity index (χ4n) is 0.916. The quantitative estimate of drug-likeness (QED) is 0.835. The Morgan fingerprint density at radius 3 is 2.31 bits per heavy atom. The number of hydrogen-bond acceptors (Lipinski definition) is 2. The number of hydrogen-bond donors (Lipinski definition) is 1. The van der Waals surface area contributed by atoms with E-state index in [4.69, 9.17) is 5.14 Å². The molecule has 1 aromatic carbocycles.